The number of benzene rings is 2. The van der Waals surface area contributed by atoms with Crippen molar-refractivity contribution in [3.05, 3.63) is 58.4 Å². The highest BCUT2D eigenvalue weighted by Crippen LogP contribution is 2.22. The first-order valence-electron chi connectivity index (χ1n) is 8.93. The van der Waals surface area contributed by atoms with Gasteiger partial charge in [-0.15, -0.1) is 0 Å². The maximum atomic E-state index is 12.4. The summed E-state index contributed by atoms with van der Waals surface area (Å²) in [6.07, 6.45) is 0.242. The highest BCUT2D eigenvalue weighted by atomic mass is 32.1. The Kier molecular flexibility index (Phi) is 6.42. The summed E-state index contributed by atoms with van der Waals surface area (Å²) in [5.41, 5.74) is 3.55. The topological polar surface area (TPSA) is 52.8 Å². The first kappa shape index (κ1) is 19.3. The van der Waals surface area contributed by atoms with Gasteiger partial charge in [0.05, 0.1) is 29.9 Å². The van der Waals surface area contributed by atoms with Crippen molar-refractivity contribution in [3.8, 4) is 5.75 Å². The summed E-state index contributed by atoms with van der Waals surface area (Å²) in [6.45, 7) is 5.73. The predicted octanol–water partition coefficient (Wildman–Crippen LogP) is 3.86. The van der Waals surface area contributed by atoms with Crippen molar-refractivity contribution in [1.82, 2.24) is 4.57 Å². The zero-order valence-corrected chi connectivity index (χ0v) is 16.7. The predicted molar refractivity (Wildman–Crippen MR) is 108 cm³/mol. The van der Waals surface area contributed by atoms with E-state index in [2.05, 4.69) is 35.5 Å². The van der Waals surface area contributed by atoms with Gasteiger partial charge < -0.3 is 14.0 Å². The molecule has 0 N–H and O–H groups in total. The van der Waals surface area contributed by atoms with Gasteiger partial charge in [-0.1, -0.05) is 29.5 Å². The van der Waals surface area contributed by atoms with E-state index in [1.165, 1.54) is 22.5 Å². The maximum Gasteiger partial charge on any atom is 0.251 e. The van der Waals surface area contributed by atoms with E-state index in [0.29, 0.717) is 24.6 Å². The summed E-state index contributed by atoms with van der Waals surface area (Å²) < 4.78 is 14.0. The van der Waals surface area contributed by atoms with Crippen molar-refractivity contribution in [2.24, 2.45) is 4.99 Å². The van der Waals surface area contributed by atoms with Gasteiger partial charge in [-0.3, -0.25) is 4.79 Å². The Balaban J connectivity index is 1.81. The van der Waals surface area contributed by atoms with Crippen LogP contribution in [-0.2, 0) is 16.1 Å². The Bertz CT molecular complexity index is 990. The van der Waals surface area contributed by atoms with Crippen molar-refractivity contribution < 1.29 is 14.3 Å². The largest absolute Gasteiger partial charge is 0.493 e. The first-order chi connectivity index (χ1) is 13.1. The molecule has 6 heteroatoms. The normalized spacial score (nSPS) is 11.9. The molecule has 0 aliphatic rings. The van der Waals surface area contributed by atoms with E-state index in [1.54, 1.807) is 7.11 Å². The molecule has 0 aliphatic carbocycles. The fourth-order valence-electron chi connectivity index (χ4n) is 2.74. The Morgan fingerprint density at radius 1 is 1.11 bits per heavy atom. The van der Waals surface area contributed by atoms with Crippen molar-refractivity contribution in [2.45, 2.75) is 26.8 Å². The summed E-state index contributed by atoms with van der Waals surface area (Å²) in [4.78, 5) is 17.4. The summed E-state index contributed by atoms with van der Waals surface area (Å²) in [5.74, 6) is 0.574. The summed E-state index contributed by atoms with van der Waals surface area (Å²) in [6, 6.07) is 13.8. The van der Waals surface area contributed by atoms with Gasteiger partial charge in [-0.25, -0.2) is 0 Å². The molecule has 0 fully saturated rings. The van der Waals surface area contributed by atoms with Gasteiger partial charge in [0, 0.05) is 13.7 Å². The molecule has 0 spiro atoms. The number of amides is 1. The molecular weight excluding hydrogens is 360 g/mol. The molecular formula is C21H24N2O3S. The van der Waals surface area contributed by atoms with E-state index < -0.39 is 0 Å². The molecule has 0 unspecified atom stereocenters. The fourth-order valence-corrected chi connectivity index (χ4v) is 3.89. The van der Waals surface area contributed by atoms with E-state index in [0.717, 1.165) is 16.0 Å². The lowest BCUT2D eigenvalue weighted by atomic mass is 10.1. The number of hydrogen-bond acceptors (Lipinski definition) is 4. The number of carbonyl (C=O) groups excluding carboxylic acids is 1. The molecule has 142 valence electrons. The van der Waals surface area contributed by atoms with Gasteiger partial charge in [-0.05, 0) is 49.2 Å². The molecule has 0 saturated carbocycles. The number of rotatable bonds is 7. The number of ether oxygens (including phenoxy) is 2. The summed E-state index contributed by atoms with van der Waals surface area (Å²) in [5, 5.41) is 0. The smallest absolute Gasteiger partial charge is 0.251 e. The Hall–Kier alpha value is -2.44. The standard InChI is InChI=1S/C21H24N2O3S/c1-15-13-18-19(14-16(15)2)27-21(23(18)10-12-25-3)22-20(24)9-11-26-17-7-5-4-6-8-17/h4-8,13-14H,9-12H2,1-3H3. The summed E-state index contributed by atoms with van der Waals surface area (Å²) >= 11 is 1.53. The third-order valence-corrected chi connectivity index (χ3v) is 5.41. The number of thiazole rings is 1. The van der Waals surface area contributed by atoms with E-state index in [-0.39, 0.29) is 12.3 Å². The third-order valence-electron chi connectivity index (χ3n) is 4.37. The lowest BCUT2D eigenvalue weighted by Crippen LogP contribution is -2.19. The van der Waals surface area contributed by atoms with E-state index in [4.69, 9.17) is 9.47 Å². The maximum absolute atomic E-state index is 12.4. The minimum Gasteiger partial charge on any atom is -0.493 e. The highest BCUT2D eigenvalue weighted by Gasteiger charge is 2.10. The van der Waals surface area contributed by atoms with Crippen LogP contribution in [0.4, 0.5) is 0 Å². The second-order valence-corrected chi connectivity index (χ2v) is 7.36. The second kappa shape index (κ2) is 8.97. The van der Waals surface area contributed by atoms with Gasteiger partial charge in [0.2, 0.25) is 0 Å². The number of carbonyl (C=O) groups is 1. The van der Waals surface area contributed by atoms with E-state index in [9.17, 15) is 4.79 Å². The van der Waals surface area contributed by atoms with Crippen molar-refractivity contribution >= 4 is 27.5 Å². The van der Waals surface area contributed by atoms with Crippen LogP contribution in [0.2, 0.25) is 0 Å². The number of nitrogens with zero attached hydrogens (tertiary/aromatic N) is 2. The lowest BCUT2D eigenvalue weighted by Gasteiger charge is -2.06. The average Bonchev–Trinajstić information content (AvgIpc) is 2.97. The average molecular weight is 385 g/mol. The molecule has 1 aromatic heterocycles. The SMILES string of the molecule is COCCn1c(=NC(=O)CCOc2ccccc2)sc2cc(C)c(C)cc21. The van der Waals surface area contributed by atoms with Crippen LogP contribution in [0.1, 0.15) is 17.5 Å². The fraction of sp³-hybridized carbons (Fsp3) is 0.333. The number of aryl methyl sites for hydroxylation is 2. The van der Waals surface area contributed by atoms with Gasteiger partial charge in [0.25, 0.3) is 5.91 Å². The second-order valence-electron chi connectivity index (χ2n) is 6.35. The van der Waals surface area contributed by atoms with Crippen molar-refractivity contribution in [1.29, 1.82) is 0 Å². The zero-order valence-electron chi connectivity index (χ0n) is 15.9. The third kappa shape index (κ3) is 4.84. The molecule has 0 atom stereocenters. The van der Waals surface area contributed by atoms with Crippen LogP contribution in [0.5, 0.6) is 5.75 Å². The van der Waals surface area contributed by atoms with Crippen LogP contribution in [0, 0.1) is 13.8 Å². The Morgan fingerprint density at radius 3 is 2.59 bits per heavy atom. The van der Waals surface area contributed by atoms with Crippen LogP contribution in [0.15, 0.2) is 47.5 Å². The Morgan fingerprint density at radius 2 is 1.85 bits per heavy atom. The molecule has 0 aliphatic heterocycles. The zero-order chi connectivity index (χ0) is 19.2. The quantitative estimate of drug-likeness (QED) is 0.621. The van der Waals surface area contributed by atoms with Crippen LogP contribution >= 0.6 is 11.3 Å². The molecule has 0 radical (unpaired) electrons. The minimum absolute atomic E-state index is 0.183. The van der Waals surface area contributed by atoms with Crippen molar-refractivity contribution in [2.75, 3.05) is 20.3 Å². The molecule has 3 rings (SSSR count). The van der Waals surface area contributed by atoms with Crippen LogP contribution in [0.3, 0.4) is 0 Å². The van der Waals surface area contributed by atoms with Crippen molar-refractivity contribution in [3.63, 3.8) is 0 Å². The number of fused-ring (bicyclic) bond motifs is 1. The lowest BCUT2D eigenvalue weighted by molar-refractivity contribution is -0.118. The highest BCUT2D eigenvalue weighted by molar-refractivity contribution is 7.16. The van der Waals surface area contributed by atoms with E-state index in [1.807, 2.05) is 30.3 Å². The van der Waals surface area contributed by atoms with Crippen LogP contribution in [0.25, 0.3) is 10.2 Å². The monoisotopic (exact) mass is 384 g/mol. The van der Waals surface area contributed by atoms with Crippen LogP contribution in [-0.4, -0.2) is 30.8 Å². The number of aromatic nitrogens is 1. The molecule has 27 heavy (non-hydrogen) atoms. The van der Waals surface area contributed by atoms with Crippen LogP contribution < -0.4 is 9.54 Å². The molecule has 5 nitrogen and oxygen atoms in total. The molecule has 0 bridgehead atoms. The first-order valence-corrected chi connectivity index (χ1v) is 9.75. The minimum atomic E-state index is -0.183. The summed E-state index contributed by atoms with van der Waals surface area (Å²) in [7, 11) is 1.67. The number of methoxy groups -OCH3 is 1. The Labute approximate surface area is 162 Å². The van der Waals surface area contributed by atoms with E-state index >= 15 is 0 Å². The number of hydrogen-bond donors (Lipinski definition) is 0. The molecule has 1 amide bonds. The number of para-hydroxylation sites is 1. The molecule has 0 saturated heterocycles. The molecule has 1 heterocycles. The molecule has 3 aromatic rings. The van der Waals surface area contributed by atoms with Gasteiger partial charge >= 0.3 is 0 Å². The molecule has 2 aromatic carbocycles. The van der Waals surface area contributed by atoms with Gasteiger partial charge in [-0.2, -0.15) is 4.99 Å². The van der Waals surface area contributed by atoms with Gasteiger partial charge in [0.1, 0.15) is 5.75 Å². The van der Waals surface area contributed by atoms with Gasteiger partial charge in [0.15, 0.2) is 4.80 Å².